The Bertz CT molecular complexity index is 667. The number of halogens is 2. The van der Waals surface area contributed by atoms with Gasteiger partial charge in [0, 0.05) is 6.54 Å². The smallest absolute Gasteiger partial charge is 0.242 e. The van der Waals surface area contributed by atoms with E-state index in [1.807, 2.05) is 0 Å². The van der Waals surface area contributed by atoms with Crippen LogP contribution in [0, 0.1) is 0 Å². The van der Waals surface area contributed by atoms with E-state index in [-0.39, 0.29) is 24.1 Å². The van der Waals surface area contributed by atoms with Crippen molar-refractivity contribution in [2.24, 2.45) is 0 Å². The Balaban J connectivity index is 1.85. The molecule has 3 amide bonds. The highest BCUT2D eigenvalue weighted by Crippen LogP contribution is 2.22. The lowest BCUT2D eigenvalue weighted by Crippen LogP contribution is -2.52. The maximum Gasteiger partial charge on any atom is 0.242 e. The van der Waals surface area contributed by atoms with E-state index in [1.54, 1.807) is 25.1 Å². The van der Waals surface area contributed by atoms with Gasteiger partial charge in [-0.3, -0.25) is 14.4 Å². The van der Waals surface area contributed by atoms with Crippen LogP contribution in [0.5, 0.6) is 0 Å². The predicted molar refractivity (Wildman–Crippen MR) is 96.6 cm³/mol. The highest BCUT2D eigenvalue weighted by atomic mass is 35.5. The van der Waals surface area contributed by atoms with E-state index < -0.39 is 12.1 Å². The van der Waals surface area contributed by atoms with Gasteiger partial charge in [-0.1, -0.05) is 29.3 Å². The molecule has 3 N–H and O–H groups in total. The van der Waals surface area contributed by atoms with Crippen LogP contribution in [0.2, 0.25) is 10.0 Å². The zero-order chi connectivity index (χ0) is 18.4. The fraction of sp³-hybridized carbons (Fsp3) is 0.471. The summed E-state index contributed by atoms with van der Waals surface area (Å²) in [7, 11) is 0. The molecule has 1 aliphatic heterocycles. The summed E-state index contributed by atoms with van der Waals surface area (Å²) in [6.45, 7) is 2.21. The highest BCUT2D eigenvalue weighted by Gasteiger charge is 2.25. The Hall–Kier alpha value is -1.79. The standard InChI is InChI=1S/C17H21Cl2N3O3/c1-10(16(24)22-14-4-2-3-7-20-17(14)25)21-15(23)9-11-5-6-12(18)13(19)8-11/h5-6,8,10,14H,2-4,7,9H2,1H3,(H,20,25)(H,21,23)(H,22,24). The molecule has 8 heteroatoms. The molecule has 1 heterocycles. The van der Waals surface area contributed by atoms with Gasteiger partial charge in [0.1, 0.15) is 12.1 Å². The summed E-state index contributed by atoms with van der Waals surface area (Å²) >= 11 is 11.8. The van der Waals surface area contributed by atoms with Crippen molar-refractivity contribution in [3.63, 3.8) is 0 Å². The van der Waals surface area contributed by atoms with E-state index >= 15 is 0 Å². The number of benzene rings is 1. The van der Waals surface area contributed by atoms with Gasteiger partial charge in [-0.05, 0) is 43.9 Å². The molecule has 25 heavy (non-hydrogen) atoms. The fourth-order valence-corrected chi connectivity index (χ4v) is 2.89. The zero-order valence-electron chi connectivity index (χ0n) is 13.9. The van der Waals surface area contributed by atoms with Gasteiger partial charge in [-0.25, -0.2) is 0 Å². The van der Waals surface area contributed by atoms with Gasteiger partial charge in [0.15, 0.2) is 0 Å². The molecule has 6 nitrogen and oxygen atoms in total. The third-order valence-electron chi connectivity index (χ3n) is 3.97. The molecule has 0 bridgehead atoms. The number of hydrogen-bond acceptors (Lipinski definition) is 3. The first-order chi connectivity index (χ1) is 11.9. The maximum atomic E-state index is 12.2. The van der Waals surface area contributed by atoms with Crippen LogP contribution in [-0.4, -0.2) is 36.3 Å². The molecule has 1 aromatic rings. The average Bonchev–Trinajstić information content (AvgIpc) is 2.75. The Morgan fingerprint density at radius 2 is 2.04 bits per heavy atom. The summed E-state index contributed by atoms with van der Waals surface area (Å²) < 4.78 is 0. The molecule has 0 saturated carbocycles. The summed E-state index contributed by atoms with van der Waals surface area (Å²) in [6, 6.07) is 3.64. The maximum absolute atomic E-state index is 12.2. The Kier molecular flexibility index (Phi) is 7.08. The van der Waals surface area contributed by atoms with E-state index in [2.05, 4.69) is 16.0 Å². The fourth-order valence-electron chi connectivity index (χ4n) is 2.57. The molecule has 2 atom stereocenters. The summed E-state index contributed by atoms with van der Waals surface area (Å²) in [4.78, 5) is 36.2. The molecule has 0 aromatic heterocycles. The summed E-state index contributed by atoms with van der Waals surface area (Å²) in [6.07, 6.45) is 2.44. The summed E-state index contributed by atoms with van der Waals surface area (Å²) in [5.41, 5.74) is 0.697. The average molecular weight is 386 g/mol. The predicted octanol–water partition coefficient (Wildman–Crippen LogP) is 1.83. The molecule has 0 spiro atoms. The quantitative estimate of drug-likeness (QED) is 0.722. The first-order valence-corrected chi connectivity index (χ1v) is 8.94. The van der Waals surface area contributed by atoms with Crippen molar-refractivity contribution >= 4 is 40.9 Å². The highest BCUT2D eigenvalue weighted by molar-refractivity contribution is 6.42. The van der Waals surface area contributed by atoms with Crippen LogP contribution in [-0.2, 0) is 20.8 Å². The molecule has 2 rings (SSSR count). The van der Waals surface area contributed by atoms with Crippen molar-refractivity contribution < 1.29 is 14.4 Å². The van der Waals surface area contributed by atoms with Crippen LogP contribution in [0.3, 0.4) is 0 Å². The Labute approximate surface area is 156 Å². The third-order valence-corrected chi connectivity index (χ3v) is 4.71. The van der Waals surface area contributed by atoms with Crippen LogP contribution >= 0.6 is 23.2 Å². The van der Waals surface area contributed by atoms with Gasteiger partial charge in [0.25, 0.3) is 0 Å². The third kappa shape index (κ3) is 5.90. The number of rotatable bonds is 5. The second-order valence-corrected chi connectivity index (χ2v) is 6.88. The van der Waals surface area contributed by atoms with Gasteiger partial charge in [-0.15, -0.1) is 0 Å². The number of hydrogen-bond donors (Lipinski definition) is 3. The molecule has 1 aliphatic rings. The van der Waals surface area contributed by atoms with E-state index in [0.717, 1.165) is 12.8 Å². The summed E-state index contributed by atoms with van der Waals surface area (Å²) in [5, 5.41) is 8.86. The van der Waals surface area contributed by atoms with E-state index in [4.69, 9.17) is 23.2 Å². The Morgan fingerprint density at radius 1 is 1.28 bits per heavy atom. The van der Waals surface area contributed by atoms with Gasteiger partial charge < -0.3 is 16.0 Å². The molecule has 0 aliphatic carbocycles. The first-order valence-electron chi connectivity index (χ1n) is 8.18. The minimum atomic E-state index is -0.744. The molecule has 1 saturated heterocycles. The zero-order valence-corrected chi connectivity index (χ0v) is 15.4. The van der Waals surface area contributed by atoms with E-state index in [0.29, 0.717) is 28.6 Å². The van der Waals surface area contributed by atoms with Gasteiger partial charge >= 0.3 is 0 Å². The van der Waals surface area contributed by atoms with Crippen LogP contribution in [0.15, 0.2) is 18.2 Å². The minimum absolute atomic E-state index is 0.0818. The molecular formula is C17H21Cl2N3O3. The molecule has 0 radical (unpaired) electrons. The number of nitrogens with one attached hydrogen (secondary N) is 3. The van der Waals surface area contributed by atoms with Gasteiger partial charge in [0.05, 0.1) is 16.5 Å². The first kappa shape index (κ1) is 19.5. The van der Waals surface area contributed by atoms with Gasteiger partial charge in [-0.2, -0.15) is 0 Å². The van der Waals surface area contributed by atoms with Crippen molar-refractivity contribution in [2.45, 2.75) is 44.7 Å². The summed E-state index contributed by atoms with van der Waals surface area (Å²) in [5.74, 6) is -0.879. The molecule has 136 valence electrons. The molecule has 2 unspecified atom stereocenters. The Morgan fingerprint density at radius 3 is 2.76 bits per heavy atom. The molecule has 1 fully saturated rings. The minimum Gasteiger partial charge on any atom is -0.354 e. The van der Waals surface area contributed by atoms with Crippen LogP contribution in [0.25, 0.3) is 0 Å². The van der Waals surface area contributed by atoms with Crippen molar-refractivity contribution in [3.05, 3.63) is 33.8 Å². The van der Waals surface area contributed by atoms with E-state index in [1.165, 1.54) is 0 Å². The van der Waals surface area contributed by atoms with E-state index in [9.17, 15) is 14.4 Å². The van der Waals surface area contributed by atoms with Crippen LogP contribution < -0.4 is 16.0 Å². The van der Waals surface area contributed by atoms with Crippen LogP contribution in [0.1, 0.15) is 31.7 Å². The molecular weight excluding hydrogens is 365 g/mol. The van der Waals surface area contributed by atoms with Gasteiger partial charge in [0.2, 0.25) is 17.7 Å². The normalized spacial score (nSPS) is 18.7. The second-order valence-electron chi connectivity index (χ2n) is 6.06. The second kappa shape index (κ2) is 9.06. The topological polar surface area (TPSA) is 87.3 Å². The van der Waals surface area contributed by atoms with Crippen molar-refractivity contribution in [1.82, 2.24) is 16.0 Å². The SMILES string of the molecule is CC(NC(=O)Cc1ccc(Cl)c(Cl)c1)C(=O)NC1CCCCNC1=O. The monoisotopic (exact) mass is 385 g/mol. The van der Waals surface area contributed by atoms with Crippen LogP contribution in [0.4, 0.5) is 0 Å². The largest absolute Gasteiger partial charge is 0.354 e. The van der Waals surface area contributed by atoms with Crippen molar-refractivity contribution in [1.29, 1.82) is 0 Å². The molecule has 1 aromatic carbocycles. The number of amides is 3. The van der Waals surface area contributed by atoms with Crippen molar-refractivity contribution in [3.8, 4) is 0 Å². The number of carbonyl (C=O) groups excluding carboxylic acids is 3. The number of carbonyl (C=O) groups is 3. The lowest BCUT2D eigenvalue weighted by molar-refractivity contribution is -0.131. The van der Waals surface area contributed by atoms with Crippen molar-refractivity contribution in [2.75, 3.05) is 6.54 Å². The lowest BCUT2D eigenvalue weighted by Gasteiger charge is -2.19. The lowest BCUT2D eigenvalue weighted by atomic mass is 10.1.